The Labute approximate surface area is 97.8 Å². The van der Waals surface area contributed by atoms with Gasteiger partial charge in [-0.2, -0.15) is 0 Å². The Morgan fingerprint density at radius 1 is 1.38 bits per heavy atom. The summed E-state index contributed by atoms with van der Waals surface area (Å²) in [6.07, 6.45) is 8.38. The topological polar surface area (TPSA) is 86.8 Å². The predicted molar refractivity (Wildman–Crippen MR) is 53.8 cm³/mol. The summed E-state index contributed by atoms with van der Waals surface area (Å²) in [5, 5.41) is 0. The van der Waals surface area contributed by atoms with Gasteiger partial charge in [0, 0.05) is 11.8 Å². The van der Waals surface area contributed by atoms with Gasteiger partial charge in [0.1, 0.15) is 19.3 Å². The van der Waals surface area contributed by atoms with Crippen LogP contribution in [0.15, 0.2) is 0 Å². The van der Waals surface area contributed by atoms with Crippen molar-refractivity contribution >= 4 is 6.21 Å². The number of hydrogen-bond acceptors (Lipinski definition) is 4. The first-order valence-corrected chi connectivity index (χ1v) is 6.96. The molecule has 1 heterocycles. The van der Waals surface area contributed by atoms with Gasteiger partial charge in [-0.1, -0.05) is 6.42 Å². The Bertz CT molecular complexity index is 246. The normalized spacial score (nSPS) is 29.9. The average molecular weight is 255 g/mol. The van der Waals surface area contributed by atoms with E-state index in [0.717, 1.165) is 11.8 Å². The van der Waals surface area contributed by atoms with Crippen LogP contribution >= 0.6 is 0 Å². The van der Waals surface area contributed by atoms with Crippen LogP contribution in [0.2, 0.25) is 0 Å². The molecule has 0 aromatic rings. The SMILES string of the molecule is CC[N+]1=CC2CCCC(C2)C1.[O-][Cl+](O)(O)O. The summed E-state index contributed by atoms with van der Waals surface area (Å²) in [6.45, 7) is 4.82. The van der Waals surface area contributed by atoms with Gasteiger partial charge < -0.3 is 0 Å². The van der Waals surface area contributed by atoms with Crippen LogP contribution in [0, 0.1) is 22.1 Å². The van der Waals surface area contributed by atoms with E-state index in [-0.39, 0.29) is 0 Å². The van der Waals surface area contributed by atoms with Crippen LogP contribution < -0.4 is 4.66 Å². The summed E-state index contributed by atoms with van der Waals surface area (Å²) < 4.78 is 32.7. The van der Waals surface area contributed by atoms with E-state index >= 15 is 0 Å². The van der Waals surface area contributed by atoms with Crippen molar-refractivity contribution in [3.8, 4) is 0 Å². The van der Waals surface area contributed by atoms with Gasteiger partial charge in [-0.3, -0.25) is 0 Å². The molecule has 0 aromatic carbocycles. The molecule has 5 nitrogen and oxygen atoms in total. The van der Waals surface area contributed by atoms with Crippen molar-refractivity contribution in [1.29, 1.82) is 0 Å². The third kappa shape index (κ3) is 5.77. The quantitative estimate of drug-likeness (QED) is 0.527. The Balaban J connectivity index is 0.000000221. The van der Waals surface area contributed by atoms with Gasteiger partial charge in [0.2, 0.25) is 0 Å². The van der Waals surface area contributed by atoms with Gasteiger partial charge in [-0.05, 0) is 26.2 Å². The number of rotatable bonds is 1. The van der Waals surface area contributed by atoms with Crippen molar-refractivity contribution in [3.05, 3.63) is 0 Å². The van der Waals surface area contributed by atoms with Gasteiger partial charge in [0.25, 0.3) is 0 Å². The molecule has 16 heavy (non-hydrogen) atoms. The maximum atomic E-state index is 8.83. The molecule has 0 radical (unpaired) electrons. The maximum absolute atomic E-state index is 8.83. The van der Waals surface area contributed by atoms with Gasteiger partial charge in [0.05, 0.1) is 0 Å². The van der Waals surface area contributed by atoms with Crippen molar-refractivity contribution in [2.24, 2.45) is 11.8 Å². The molecule has 0 saturated heterocycles. The zero-order valence-electron chi connectivity index (χ0n) is 9.55. The predicted octanol–water partition coefficient (Wildman–Crippen LogP) is -0.950. The summed E-state index contributed by atoms with van der Waals surface area (Å²) in [5.41, 5.74) is 0. The van der Waals surface area contributed by atoms with E-state index in [1.165, 1.54) is 38.8 Å². The molecular weight excluding hydrogens is 234 g/mol. The molecule has 1 aliphatic heterocycles. The van der Waals surface area contributed by atoms with Gasteiger partial charge >= 0.3 is 28.9 Å². The minimum absolute atomic E-state index is 0.933. The fraction of sp³-hybridized carbons (Fsp3) is 0.900. The summed E-state index contributed by atoms with van der Waals surface area (Å²) in [6, 6.07) is 0. The van der Waals surface area contributed by atoms with Crippen molar-refractivity contribution in [1.82, 2.24) is 0 Å². The molecule has 2 aliphatic rings. The molecule has 2 unspecified atom stereocenters. The summed E-state index contributed by atoms with van der Waals surface area (Å²) in [4.78, 5) is 0. The fourth-order valence-corrected chi connectivity index (χ4v) is 2.56. The zero-order valence-corrected chi connectivity index (χ0v) is 10.3. The van der Waals surface area contributed by atoms with Gasteiger partial charge in [0.15, 0.2) is 0 Å². The van der Waals surface area contributed by atoms with Crippen LogP contribution in [0.3, 0.4) is 0 Å². The second kappa shape index (κ2) is 5.93. The Morgan fingerprint density at radius 2 is 2.00 bits per heavy atom. The van der Waals surface area contributed by atoms with Gasteiger partial charge in [-0.15, -0.1) is 0 Å². The Morgan fingerprint density at radius 3 is 2.50 bits per heavy atom. The standard InChI is InChI=1S/C10H18N.ClH3O4/c1-2-11-7-9-4-3-5-10(6-9)8-11;2-1(3,4)5/h7,9-10H,2-6,8H2,1H3;2-4H/q+1;. The summed E-state index contributed by atoms with van der Waals surface area (Å²) in [7, 11) is -4.19. The third-order valence-electron chi connectivity index (χ3n) is 3.14. The van der Waals surface area contributed by atoms with Crippen LogP contribution in [0.5, 0.6) is 0 Å². The zero-order chi connectivity index (χ0) is 12.2. The third-order valence-corrected chi connectivity index (χ3v) is 3.14. The number of hydrogen-bond donors (Lipinski definition) is 3. The minimum atomic E-state index is -4.19. The molecule has 1 aliphatic carbocycles. The van der Waals surface area contributed by atoms with E-state index in [1.54, 1.807) is 0 Å². The molecule has 2 atom stereocenters. The van der Waals surface area contributed by atoms with E-state index in [0.29, 0.717) is 0 Å². The van der Waals surface area contributed by atoms with E-state index in [9.17, 15) is 0 Å². The van der Waals surface area contributed by atoms with E-state index in [4.69, 9.17) is 18.6 Å². The molecule has 96 valence electrons. The van der Waals surface area contributed by atoms with Crippen LogP contribution in [0.25, 0.3) is 0 Å². The van der Waals surface area contributed by atoms with Crippen LogP contribution in [0.1, 0.15) is 32.6 Å². The fourth-order valence-electron chi connectivity index (χ4n) is 2.56. The molecule has 3 N–H and O–H groups in total. The molecule has 2 rings (SSSR count). The first-order chi connectivity index (χ1) is 7.38. The van der Waals surface area contributed by atoms with Crippen molar-refractivity contribution < 1.29 is 33.5 Å². The van der Waals surface area contributed by atoms with Crippen molar-refractivity contribution in [3.63, 3.8) is 0 Å². The summed E-state index contributed by atoms with van der Waals surface area (Å²) >= 11 is 0. The van der Waals surface area contributed by atoms with Gasteiger partial charge in [-0.25, -0.2) is 4.58 Å². The Hall–Kier alpha value is -0.200. The molecule has 0 amide bonds. The molecule has 6 heteroatoms. The van der Waals surface area contributed by atoms with Crippen LogP contribution in [0.4, 0.5) is 0 Å². The van der Waals surface area contributed by atoms with Crippen molar-refractivity contribution in [2.75, 3.05) is 13.1 Å². The number of nitrogens with zero attached hydrogens (tertiary/aromatic N) is 1. The molecule has 2 bridgehead atoms. The molecular formula is C10H21ClNO4+. The second-order valence-corrected chi connectivity index (χ2v) is 5.33. The summed E-state index contributed by atoms with van der Waals surface area (Å²) in [5.74, 6) is 1.96. The van der Waals surface area contributed by atoms with Crippen molar-refractivity contribution in [2.45, 2.75) is 32.6 Å². The molecule has 0 aromatic heterocycles. The molecule has 1 fully saturated rings. The Kier molecular flexibility index (Phi) is 5.14. The van der Waals surface area contributed by atoms with E-state index in [2.05, 4.69) is 17.7 Å². The average Bonchev–Trinajstić information content (AvgIpc) is 2.14. The first kappa shape index (κ1) is 13.9. The number of fused-ring (bicyclic) bond motifs is 2. The first-order valence-electron chi connectivity index (χ1n) is 5.63. The number of halogens is 1. The van der Waals surface area contributed by atoms with Crippen LogP contribution in [-0.2, 0) is 0 Å². The van der Waals surface area contributed by atoms with Crippen LogP contribution in [-0.4, -0.2) is 37.9 Å². The second-order valence-electron chi connectivity index (χ2n) is 4.46. The molecule has 1 saturated carbocycles. The van der Waals surface area contributed by atoms with E-state index in [1.807, 2.05) is 0 Å². The van der Waals surface area contributed by atoms with E-state index < -0.39 is 10.2 Å². The monoisotopic (exact) mass is 254 g/mol. The molecule has 0 spiro atoms.